The van der Waals surface area contributed by atoms with E-state index in [0.29, 0.717) is 26.1 Å². The standard InChI is InChI=1S/C21H12ClF3N4S/c1-12-16(19(22)29(28-12)15-5-3-2-4-6-15)9-13(11-26)20-27-17-10-14(21(23,24)25)7-8-18(17)30-20/h2-10H,1H3/b13-9-. The third-order valence-corrected chi connectivity index (χ3v) is 5.84. The molecule has 4 nitrogen and oxygen atoms in total. The van der Waals surface area contributed by atoms with Gasteiger partial charge in [-0.05, 0) is 43.3 Å². The summed E-state index contributed by atoms with van der Waals surface area (Å²) in [5, 5.41) is 14.7. The number of allylic oxidation sites excluding steroid dienone is 1. The van der Waals surface area contributed by atoms with Gasteiger partial charge in [0.25, 0.3) is 0 Å². The molecule has 0 amide bonds. The Labute approximate surface area is 178 Å². The number of hydrogen-bond donors (Lipinski definition) is 0. The summed E-state index contributed by atoms with van der Waals surface area (Å²) >= 11 is 7.65. The molecule has 0 fully saturated rings. The van der Waals surface area contributed by atoms with Gasteiger partial charge in [-0.15, -0.1) is 11.3 Å². The van der Waals surface area contributed by atoms with Crippen LogP contribution in [-0.2, 0) is 6.18 Å². The number of nitriles is 1. The Kier molecular flexibility index (Phi) is 5.10. The molecule has 0 atom stereocenters. The lowest BCUT2D eigenvalue weighted by molar-refractivity contribution is -0.137. The Morgan fingerprint density at radius 1 is 1.20 bits per heavy atom. The molecule has 2 aromatic carbocycles. The molecule has 0 saturated heterocycles. The Bertz CT molecular complexity index is 1310. The third-order valence-electron chi connectivity index (χ3n) is 4.40. The zero-order chi connectivity index (χ0) is 21.5. The van der Waals surface area contributed by atoms with Gasteiger partial charge in [-0.1, -0.05) is 29.8 Å². The summed E-state index contributed by atoms with van der Waals surface area (Å²) in [4.78, 5) is 4.24. The summed E-state index contributed by atoms with van der Waals surface area (Å²) in [6, 6.07) is 14.7. The second-order valence-corrected chi connectivity index (χ2v) is 7.80. The van der Waals surface area contributed by atoms with E-state index in [9.17, 15) is 18.4 Å². The molecule has 0 saturated carbocycles. The molecule has 0 bridgehead atoms. The highest BCUT2D eigenvalue weighted by Crippen LogP contribution is 2.35. The molecule has 0 aliphatic rings. The minimum atomic E-state index is -4.46. The van der Waals surface area contributed by atoms with Gasteiger partial charge in [0.1, 0.15) is 16.2 Å². The monoisotopic (exact) mass is 444 g/mol. The highest BCUT2D eigenvalue weighted by atomic mass is 35.5. The van der Waals surface area contributed by atoms with Gasteiger partial charge in [-0.3, -0.25) is 0 Å². The maximum atomic E-state index is 13.0. The van der Waals surface area contributed by atoms with Crippen LogP contribution in [0, 0.1) is 18.3 Å². The van der Waals surface area contributed by atoms with E-state index in [1.165, 1.54) is 6.07 Å². The number of benzene rings is 2. The van der Waals surface area contributed by atoms with E-state index in [2.05, 4.69) is 16.2 Å². The van der Waals surface area contributed by atoms with Crippen LogP contribution in [0.15, 0.2) is 48.5 Å². The largest absolute Gasteiger partial charge is 0.416 e. The van der Waals surface area contributed by atoms with Crippen molar-refractivity contribution in [3.8, 4) is 11.8 Å². The number of aryl methyl sites for hydroxylation is 1. The van der Waals surface area contributed by atoms with E-state index in [4.69, 9.17) is 11.6 Å². The number of thiazole rings is 1. The summed E-state index contributed by atoms with van der Waals surface area (Å²) in [6.07, 6.45) is -2.89. The maximum Gasteiger partial charge on any atom is 0.416 e. The van der Waals surface area contributed by atoms with Gasteiger partial charge in [0.2, 0.25) is 0 Å². The fourth-order valence-corrected chi connectivity index (χ4v) is 4.16. The van der Waals surface area contributed by atoms with Crippen molar-refractivity contribution in [1.82, 2.24) is 14.8 Å². The van der Waals surface area contributed by atoms with Gasteiger partial charge < -0.3 is 0 Å². The molecule has 2 aromatic heterocycles. The van der Waals surface area contributed by atoms with E-state index in [1.54, 1.807) is 17.7 Å². The normalized spacial score (nSPS) is 12.3. The first-order chi connectivity index (χ1) is 14.3. The van der Waals surface area contributed by atoms with Crippen molar-refractivity contribution in [2.75, 3.05) is 0 Å². The summed E-state index contributed by atoms with van der Waals surface area (Å²) in [5.74, 6) is 0. The van der Waals surface area contributed by atoms with Gasteiger partial charge in [0.15, 0.2) is 0 Å². The van der Waals surface area contributed by atoms with Crippen LogP contribution in [0.25, 0.3) is 27.6 Å². The number of rotatable bonds is 3. The number of halogens is 4. The second kappa shape index (κ2) is 7.59. The number of alkyl halides is 3. The second-order valence-electron chi connectivity index (χ2n) is 6.41. The smallest absolute Gasteiger partial charge is 0.235 e. The van der Waals surface area contributed by atoms with Gasteiger partial charge in [-0.2, -0.15) is 23.5 Å². The lowest BCUT2D eigenvalue weighted by Gasteiger charge is -2.04. The molecular weight excluding hydrogens is 433 g/mol. The maximum absolute atomic E-state index is 13.0. The lowest BCUT2D eigenvalue weighted by Crippen LogP contribution is -2.03. The van der Waals surface area contributed by atoms with Crippen LogP contribution >= 0.6 is 22.9 Å². The van der Waals surface area contributed by atoms with Crippen LogP contribution in [0.3, 0.4) is 0 Å². The van der Waals surface area contributed by atoms with Gasteiger partial charge in [0.05, 0.1) is 32.7 Å². The molecule has 9 heteroatoms. The van der Waals surface area contributed by atoms with Crippen molar-refractivity contribution in [2.24, 2.45) is 0 Å². The van der Waals surface area contributed by atoms with Gasteiger partial charge in [-0.25, -0.2) is 9.67 Å². The first kappa shape index (κ1) is 20.1. The molecule has 0 spiro atoms. The summed E-state index contributed by atoms with van der Waals surface area (Å²) in [5.41, 5.74) is 1.53. The first-order valence-electron chi connectivity index (χ1n) is 8.68. The van der Waals surface area contributed by atoms with Gasteiger partial charge >= 0.3 is 6.18 Å². The predicted molar refractivity (Wildman–Crippen MR) is 111 cm³/mol. The minimum Gasteiger partial charge on any atom is -0.235 e. The van der Waals surface area contributed by atoms with E-state index in [0.717, 1.165) is 29.2 Å². The van der Waals surface area contributed by atoms with E-state index >= 15 is 0 Å². The number of fused-ring (bicyclic) bond motifs is 1. The van der Waals surface area contributed by atoms with Crippen molar-refractivity contribution in [2.45, 2.75) is 13.1 Å². The van der Waals surface area contributed by atoms with Crippen molar-refractivity contribution in [3.05, 3.63) is 75.5 Å². The zero-order valence-electron chi connectivity index (χ0n) is 15.4. The molecule has 30 heavy (non-hydrogen) atoms. The Balaban J connectivity index is 1.78. The number of hydrogen-bond acceptors (Lipinski definition) is 4. The van der Waals surface area contributed by atoms with Crippen molar-refractivity contribution in [1.29, 1.82) is 5.26 Å². The summed E-state index contributed by atoms with van der Waals surface area (Å²) < 4.78 is 41.0. The quantitative estimate of drug-likeness (QED) is 0.338. The molecule has 0 N–H and O–H groups in total. The fraction of sp³-hybridized carbons (Fsp3) is 0.0952. The molecular formula is C21H12ClF3N4S. The summed E-state index contributed by atoms with van der Waals surface area (Å²) in [7, 11) is 0. The number of nitrogens with zero attached hydrogens (tertiary/aromatic N) is 4. The average Bonchev–Trinajstić information content (AvgIpc) is 3.26. The molecule has 0 unspecified atom stereocenters. The SMILES string of the molecule is Cc1nn(-c2ccccc2)c(Cl)c1/C=C(/C#N)c1nc2cc(C(F)(F)F)ccc2s1. The lowest BCUT2D eigenvalue weighted by atomic mass is 10.1. The molecule has 4 aromatic rings. The molecule has 4 rings (SSSR count). The van der Waals surface area contributed by atoms with Crippen LogP contribution in [0.1, 0.15) is 21.8 Å². The zero-order valence-corrected chi connectivity index (χ0v) is 17.0. The Hall–Kier alpha value is -3.15. The predicted octanol–water partition coefficient (Wildman–Crippen LogP) is 6.53. The Morgan fingerprint density at radius 3 is 2.60 bits per heavy atom. The van der Waals surface area contributed by atoms with Crippen LogP contribution < -0.4 is 0 Å². The van der Waals surface area contributed by atoms with E-state index < -0.39 is 11.7 Å². The Morgan fingerprint density at radius 2 is 1.93 bits per heavy atom. The van der Waals surface area contributed by atoms with Crippen LogP contribution in [0.2, 0.25) is 5.15 Å². The highest BCUT2D eigenvalue weighted by Gasteiger charge is 2.31. The minimum absolute atomic E-state index is 0.189. The molecule has 150 valence electrons. The fourth-order valence-electron chi connectivity index (χ4n) is 2.92. The van der Waals surface area contributed by atoms with Crippen LogP contribution in [0.4, 0.5) is 13.2 Å². The van der Waals surface area contributed by atoms with E-state index in [-0.39, 0.29) is 11.1 Å². The van der Waals surface area contributed by atoms with Crippen LogP contribution in [0.5, 0.6) is 0 Å². The van der Waals surface area contributed by atoms with Crippen molar-refractivity contribution in [3.63, 3.8) is 0 Å². The third kappa shape index (κ3) is 3.70. The number of para-hydroxylation sites is 1. The molecule has 0 aliphatic heterocycles. The molecule has 0 radical (unpaired) electrons. The highest BCUT2D eigenvalue weighted by molar-refractivity contribution is 7.19. The average molecular weight is 445 g/mol. The van der Waals surface area contributed by atoms with Gasteiger partial charge in [0, 0.05) is 5.56 Å². The molecule has 0 aliphatic carbocycles. The first-order valence-corrected chi connectivity index (χ1v) is 9.88. The summed E-state index contributed by atoms with van der Waals surface area (Å²) in [6.45, 7) is 1.76. The van der Waals surface area contributed by atoms with Crippen molar-refractivity contribution < 1.29 is 13.2 Å². The van der Waals surface area contributed by atoms with Crippen LogP contribution in [-0.4, -0.2) is 14.8 Å². The number of aromatic nitrogens is 3. The molecule has 2 heterocycles. The van der Waals surface area contributed by atoms with E-state index in [1.807, 2.05) is 30.3 Å². The topological polar surface area (TPSA) is 54.5 Å². The van der Waals surface area contributed by atoms with Crippen molar-refractivity contribution >= 4 is 44.8 Å².